The first-order chi connectivity index (χ1) is 16.5. The molecule has 0 aliphatic heterocycles. The minimum Gasteiger partial charge on any atom is -0.394 e. The van der Waals surface area contributed by atoms with Gasteiger partial charge in [0.25, 0.3) is 6.43 Å². The van der Waals surface area contributed by atoms with Crippen LogP contribution >= 0.6 is 0 Å². The van der Waals surface area contributed by atoms with Gasteiger partial charge in [0.05, 0.1) is 37.8 Å². The zero-order valence-electron chi connectivity index (χ0n) is 18.7. The predicted molar refractivity (Wildman–Crippen MR) is 122 cm³/mol. The number of ether oxygens (including phenoxy) is 1. The van der Waals surface area contributed by atoms with E-state index in [0.29, 0.717) is 41.0 Å². The van der Waals surface area contributed by atoms with Crippen molar-refractivity contribution in [2.45, 2.75) is 57.7 Å². The van der Waals surface area contributed by atoms with E-state index in [4.69, 9.17) is 9.84 Å². The number of anilines is 1. The number of rotatable bonds is 8. The Morgan fingerprint density at radius 2 is 2.00 bits per heavy atom. The van der Waals surface area contributed by atoms with Gasteiger partial charge in [-0.25, -0.2) is 28.7 Å². The molecule has 0 aromatic carbocycles. The van der Waals surface area contributed by atoms with E-state index >= 15 is 0 Å². The number of aryl methyl sites for hydroxylation is 1. The van der Waals surface area contributed by atoms with E-state index < -0.39 is 13.0 Å². The van der Waals surface area contributed by atoms with Crippen molar-refractivity contribution in [2.75, 3.05) is 18.5 Å². The minimum absolute atomic E-state index is 0.0442. The Balaban J connectivity index is 1.35. The summed E-state index contributed by atoms with van der Waals surface area (Å²) in [5.74, 6) is 0.979. The highest BCUT2D eigenvalue weighted by Crippen LogP contribution is 2.28. The third-order valence-corrected chi connectivity index (χ3v) is 6.13. The summed E-state index contributed by atoms with van der Waals surface area (Å²) in [7, 11) is 0. The van der Waals surface area contributed by atoms with Gasteiger partial charge in [-0.05, 0) is 32.6 Å². The molecule has 0 bridgehead atoms. The normalized spacial score (nSPS) is 18.9. The van der Waals surface area contributed by atoms with Crippen molar-refractivity contribution in [1.29, 1.82) is 0 Å². The number of nitrogens with zero attached hydrogens (tertiary/aromatic N) is 6. The lowest BCUT2D eigenvalue weighted by Gasteiger charge is -2.28. The molecule has 5 rings (SSSR count). The maximum Gasteiger partial charge on any atom is 0.256 e. The van der Waals surface area contributed by atoms with Crippen molar-refractivity contribution in [2.24, 2.45) is 0 Å². The van der Waals surface area contributed by atoms with E-state index in [1.54, 1.807) is 25.5 Å². The van der Waals surface area contributed by atoms with Gasteiger partial charge in [-0.2, -0.15) is 4.98 Å². The molecule has 34 heavy (non-hydrogen) atoms. The highest BCUT2D eigenvalue weighted by atomic mass is 19.3. The molecule has 1 saturated carbocycles. The van der Waals surface area contributed by atoms with Gasteiger partial charge in [0, 0.05) is 29.4 Å². The van der Waals surface area contributed by atoms with Crippen LogP contribution < -0.4 is 5.32 Å². The molecule has 4 heterocycles. The third-order valence-electron chi connectivity index (χ3n) is 6.13. The van der Waals surface area contributed by atoms with Gasteiger partial charge in [0.2, 0.25) is 5.95 Å². The summed E-state index contributed by atoms with van der Waals surface area (Å²) in [6.45, 7) is 1.60. The van der Waals surface area contributed by atoms with Gasteiger partial charge in [0.1, 0.15) is 11.5 Å². The van der Waals surface area contributed by atoms with Gasteiger partial charge < -0.3 is 24.7 Å². The minimum atomic E-state index is -2.52. The predicted octanol–water partition coefficient (Wildman–Crippen LogP) is 3.07. The average molecular weight is 473 g/mol. The van der Waals surface area contributed by atoms with Crippen LogP contribution in [0.3, 0.4) is 0 Å². The molecule has 0 spiro atoms. The van der Waals surface area contributed by atoms with Crippen molar-refractivity contribution >= 4 is 28.3 Å². The maximum atomic E-state index is 13.0. The van der Waals surface area contributed by atoms with E-state index in [-0.39, 0.29) is 18.8 Å². The van der Waals surface area contributed by atoms with Crippen LogP contribution in [0.2, 0.25) is 0 Å². The summed E-state index contributed by atoms with van der Waals surface area (Å²) >= 11 is 0. The average Bonchev–Trinajstić information content (AvgIpc) is 3.38. The Kier molecular flexibility index (Phi) is 6.33. The fourth-order valence-corrected chi connectivity index (χ4v) is 4.45. The molecule has 12 heteroatoms. The largest absolute Gasteiger partial charge is 0.394 e. The smallest absolute Gasteiger partial charge is 0.256 e. The number of alkyl halides is 2. The maximum absolute atomic E-state index is 13.0. The van der Waals surface area contributed by atoms with E-state index in [2.05, 4.69) is 35.2 Å². The lowest BCUT2D eigenvalue weighted by Crippen LogP contribution is -2.30. The lowest BCUT2D eigenvalue weighted by atomic mass is 9.93. The van der Waals surface area contributed by atoms with E-state index in [1.807, 2.05) is 0 Å². The van der Waals surface area contributed by atoms with Crippen LogP contribution in [0.25, 0.3) is 33.6 Å². The summed E-state index contributed by atoms with van der Waals surface area (Å²) in [5.41, 5.74) is 2.56. The van der Waals surface area contributed by atoms with Crippen LogP contribution in [0, 0.1) is 6.92 Å². The molecule has 4 aromatic heterocycles. The standard InChI is InChI=1S/C22H26F2N8O2/c1-12-28-20-21(32(12)11-18(23)24)30-17(10-26-20)15-8-25-19-16(15)9-27-22(31-19)29-13-2-4-14(5-3-13)34-7-6-33/h8-10,13-14,18,33H,2-7,11H2,1H3,(H2,25,27,29,31)/t13-,14+. The molecule has 4 aromatic rings. The Bertz CT molecular complexity index is 1280. The van der Waals surface area contributed by atoms with Crippen LogP contribution in [-0.4, -0.2) is 71.4 Å². The molecule has 0 radical (unpaired) electrons. The number of imidazole rings is 1. The van der Waals surface area contributed by atoms with Crippen LogP contribution in [0.1, 0.15) is 31.5 Å². The number of hydrogen-bond acceptors (Lipinski definition) is 8. The Hall–Kier alpha value is -3.25. The molecule has 1 fully saturated rings. The molecule has 1 aliphatic carbocycles. The van der Waals surface area contributed by atoms with Crippen molar-refractivity contribution in [1.82, 2.24) is 34.5 Å². The van der Waals surface area contributed by atoms with Crippen molar-refractivity contribution in [3.63, 3.8) is 0 Å². The third kappa shape index (κ3) is 4.55. The molecule has 0 amide bonds. The van der Waals surface area contributed by atoms with E-state index in [0.717, 1.165) is 36.6 Å². The number of aromatic nitrogens is 7. The Morgan fingerprint density at radius 1 is 1.18 bits per heavy atom. The highest BCUT2D eigenvalue weighted by Gasteiger charge is 2.22. The van der Waals surface area contributed by atoms with E-state index in [1.165, 1.54) is 4.57 Å². The first kappa shape index (κ1) is 22.5. The monoisotopic (exact) mass is 472 g/mol. The van der Waals surface area contributed by atoms with Crippen molar-refractivity contribution in [3.8, 4) is 11.3 Å². The summed E-state index contributed by atoms with van der Waals surface area (Å²) in [4.78, 5) is 25.4. The van der Waals surface area contributed by atoms with Gasteiger partial charge in [-0.1, -0.05) is 0 Å². The number of halogens is 2. The van der Waals surface area contributed by atoms with E-state index in [9.17, 15) is 8.78 Å². The van der Waals surface area contributed by atoms with Gasteiger partial charge in [-0.15, -0.1) is 0 Å². The fraction of sp³-hybridized carbons (Fsp3) is 0.500. The van der Waals surface area contributed by atoms with Crippen molar-refractivity contribution < 1.29 is 18.6 Å². The second-order valence-corrected chi connectivity index (χ2v) is 8.43. The topological polar surface area (TPSA) is 127 Å². The van der Waals surface area contributed by atoms with Gasteiger partial charge >= 0.3 is 0 Å². The summed E-state index contributed by atoms with van der Waals surface area (Å²) in [6, 6.07) is 0.257. The molecular formula is C22H26F2N8O2. The van der Waals surface area contributed by atoms with Crippen LogP contribution in [-0.2, 0) is 11.3 Å². The molecule has 0 unspecified atom stereocenters. The number of aromatic amines is 1. The van der Waals surface area contributed by atoms with Gasteiger partial charge in [-0.3, -0.25) is 0 Å². The second-order valence-electron chi connectivity index (χ2n) is 8.43. The molecule has 3 N–H and O–H groups in total. The number of fused-ring (bicyclic) bond motifs is 2. The summed E-state index contributed by atoms with van der Waals surface area (Å²) in [6.07, 6.45) is 6.47. The van der Waals surface area contributed by atoms with Crippen LogP contribution in [0.5, 0.6) is 0 Å². The van der Waals surface area contributed by atoms with Gasteiger partial charge in [0.15, 0.2) is 11.3 Å². The zero-order chi connectivity index (χ0) is 23.7. The zero-order valence-corrected chi connectivity index (χ0v) is 18.7. The number of H-pyrrole nitrogens is 1. The number of hydrogen-bond donors (Lipinski definition) is 3. The molecule has 180 valence electrons. The first-order valence-electron chi connectivity index (χ1n) is 11.3. The summed E-state index contributed by atoms with van der Waals surface area (Å²) in [5, 5.41) is 13.1. The number of nitrogens with one attached hydrogen (secondary N) is 2. The summed E-state index contributed by atoms with van der Waals surface area (Å²) < 4.78 is 33.0. The Morgan fingerprint density at radius 3 is 2.76 bits per heavy atom. The Labute approximate surface area is 193 Å². The highest BCUT2D eigenvalue weighted by molar-refractivity contribution is 5.93. The molecule has 0 atom stereocenters. The van der Waals surface area contributed by atoms with Crippen molar-refractivity contribution in [3.05, 3.63) is 24.4 Å². The SMILES string of the molecule is Cc1nc2ncc(-c3c[nH]c4nc(N[C@H]5CC[C@@H](OCCO)CC5)ncc34)nc2n1CC(F)F. The molecule has 1 aliphatic rings. The quantitative estimate of drug-likeness (QED) is 0.357. The first-order valence-corrected chi connectivity index (χ1v) is 11.3. The van der Waals surface area contributed by atoms with Crippen LogP contribution in [0.4, 0.5) is 14.7 Å². The molecular weight excluding hydrogens is 446 g/mol. The number of aliphatic hydroxyl groups is 1. The van der Waals surface area contributed by atoms with Crippen LogP contribution in [0.15, 0.2) is 18.6 Å². The second kappa shape index (κ2) is 9.55. The molecule has 0 saturated heterocycles. The molecule has 10 nitrogen and oxygen atoms in total. The fourth-order valence-electron chi connectivity index (χ4n) is 4.45. The lowest BCUT2D eigenvalue weighted by molar-refractivity contribution is 0.00719. The number of aliphatic hydroxyl groups excluding tert-OH is 1.